The lowest BCUT2D eigenvalue weighted by Gasteiger charge is -2.13. The molecular weight excluding hydrogens is 347 g/mol. The van der Waals surface area contributed by atoms with Gasteiger partial charge in [0, 0.05) is 16.9 Å². The first-order valence-electron chi connectivity index (χ1n) is 6.40. The first kappa shape index (κ1) is 11.3. The molecule has 2 heterocycles. The summed E-state index contributed by atoms with van der Waals surface area (Å²) in [6.45, 7) is 0. The van der Waals surface area contributed by atoms with E-state index in [1.54, 1.807) is 0 Å². The molecule has 2 N–H and O–H groups in total. The highest BCUT2D eigenvalue weighted by atomic mass is 127. The maximum absolute atomic E-state index is 3.62. The fourth-order valence-corrected chi connectivity index (χ4v) is 3.90. The zero-order chi connectivity index (χ0) is 12.8. The second-order valence-corrected chi connectivity index (χ2v) is 6.26. The Balaban J connectivity index is 1.78. The molecule has 0 aliphatic carbocycles. The summed E-state index contributed by atoms with van der Waals surface area (Å²) in [5, 5.41) is 4.90. The van der Waals surface area contributed by atoms with Crippen molar-refractivity contribution in [2.24, 2.45) is 0 Å². The highest BCUT2D eigenvalue weighted by Crippen LogP contribution is 2.47. The maximum Gasteiger partial charge on any atom is 0.0822 e. The average Bonchev–Trinajstić information content (AvgIpc) is 3.00. The summed E-state index contributed by atoms with van der Waals surface area (Å²) in [7, 11) is 0. The van der Waals surface area contributed by atoms with Gasteiger partial charge in [0.1, 0.15) is 0 Å². The lowest BCUT2D eigenvalue weighted by Crippen LogP contribution is -2.07. The van der Waals surface area contributed by atoms with Crippen molar-refractivity contribution in [3.8, 4) is 0 Å². The zero-order valence-corrected chi connectivity index (χ0v) is 12.4. The summed E-state index contributed by atoms with van der Waals surface area (Å²) in [6.07, 6.45) is 0. The number of aromatic nitrogens is 1. The van der Waals surface area contributed by atoms with E-state index in [0.29, 0.717) is 9.97 Å². The van der Waals surface area contributed by atoms with E-state index in [1.807, 2.05) is 0 Å². The Morgan fingerprint density at radius 2 is 1.74 bits per heavy atom. The van der Waals surface area contributed by atoms with Crippen LogP contribution in [0, 0.1) is 0 Å². The Kier molecular flexibility index (Phi) is 2.55. The quantitative estimate of drug-likeness (QED) is 0.473. The summed E-state index contributed by atoms with van der Waals surface area (Å²) in [5.74, 6) is 0. The number of nitrogens with one attached hydrogen (secondary N) is 2. The second kappa shape index (κ2) is 4.27. The third kappa shape index (κ3) is 1.75. The third-order valence-electron chi connectivity index (χ3n) is 3.75. The highest BCUT2D eigenvalue weighted by molar-refractivity contribution is 14.1. The molecule has 2 unspecified atom stereocenters. The van der Waals surface area contributed by atoms with Crippen molar-refractivity contribution in [3.05, 3.63) is 65.9 Å². The molecule has 1 aromatic heterocycles. The Labute approximate surface area is 125 Å². The predicted molar refractivity (Wildman–Crippen MR) is 87.9 cm³/mol. The van der Waals surface area contributed by atoms with E-state index in [4.69, 9.17) is 0 Å². The van der Waals surface area contributed by atoms with Crippen LogP contribution < -0.4 is 5.32 Å². The van der Waals surface area contributed by atoms with E-state index in [-0.39, 0.29) is 0 Å². The fourth-order valence-electron chi connectivity index (χ4n) is 2.79. The molecule has 1 aliphatic rings. The van der Waals surface area contributed by atoms with Crippen LogP contribution in [0.1, 0.15) is 21.2 Å². The minimum Gasteiger partial charge on any atom is -0.375 e. The van der Waals surface area contributed by atoms with Crippen molar-refractivity contribution >= 4 is 39.2 Å². The van der Waals surface area contributed by atoms with E-state index in [2.05, 4.69) is 87.5 Å². The molecule has 2 aromatic carbocycles. The average molecular weight is 360 g/mol. The molecule has 0 spiro atoms. The predicted octanol–water partition coefficient (Wildman–Crippen LogP) is 4.81. The molecule has 1 aliphatic heterocycles. The number of H-pyrrole nitrogens is 1. The normalized spacial score (nSPS) is 21.3. The summed E-state index contributed by atoms with van der Waals surface area (Å²) < 4.78 is 0.460. The number of para-hydroxylation sites is 2. The van der Waals surface area contributed by atoms with Crippen LogP contribution in [0.25, 0.3) is 10.9 Å². The van der Waals surface area contributed by atoms with Crippen molar-refractivity contribution in [2.45, 2.75) is 9.97 Å². The smallest absolute Gasteiger partial charge is 0.0822 e. The van der Waals surface area contributed by atoms with Gasteiger partial charge in [-0.2, -0.15) is 0 Å². The van der Waals surface area contributed by atoms with Crippen LogP contribution in [0.15, 0.2) is 54.6 Å². The van der Waals surface area contributed by atoms with Crippen LogP contribution in [0.3, 0.4) is 0 Å². The first-order valence-corrected chi connectivity index (χ1v) is 7.65. The topological polar surface area (TPSA) is 27.8 Å². The van der Waals surface area contributed by atoms with E-state index in [0.717, 1.165) is 0 Å². The number of hydrogen-bond donors (Lipinski definition) is 2. The first-order chi connectivity index (χ1) is 9.33. The lowest BCUT2D eigenvalue weighted by atomic mass is 10.1. The minimum absolute atomic E-state index is 0.324. The number of anilines is 1. The van der Waals surface area contributed by atoms with Gasteiger partial charge < -0.3 is 10.3 Å². The second-order valence-electron chi connectivity index (χ2n) is 4.92. The molecule has 0 saturated heterocycles. The van der Waals surface area contributed by atoms with Crippen molar-refractivity contribution in [1.82, 2.24) is 4.98 Å². The molecule has 94 valence electrons. The van der Waals surface area contributed by atoms with E-state index >= 15 is 0 Å². The van der Waals surface area contributed by atoms with Gasteiger partial charge in [-0.3, -0.25) is 0 Å². The number of rotatable bonds is 1. The van der Waals surface area contributed by atoms with Gasteiger partial charge in [-0.15, -0.1) is 0 Å². The van der Waals surface area contributed by atoms with Crippen LogP contribution in [0.2, 0.25) is 0 Å². The molecule has 3 aromatic rings. The van der Waals surface area contributed by atoms with Gasteiger partial charge in [-0.05, 0) is 29.1 Å². The summed E-state index contributed by atoms with van der Waals surface area (Å²) in [4.78, 5) is 3.54. The fraction of sp³-hybridized carbons (Fsp3) is 0.125. The zero-order valence-electron chi connectivity index (χ0n) is 10.2. The molecule has 2 nitrogen and oxygen atoms in total. The van der Waals surface area contributed by atoms with Crippen LogP contribution in [-0.2, 0) is 0 Å². The van der Waals surface area contributed by atoms with Crippen molar-refractivity contribution in [2.75, 3.05) is 5.32 Å². The minimum atomic E-state index is 0.324. The van der Waals surface area contributed by atoms with Gasteiger partial charge in [0.15, 0.2) is 0 Å². The van der Waals surface area contributed by atoms with E-state index in [1.165, 1.54) is 27.8 Å². The highest BCUT2D eigenvalue weighted by Gasteiger charge is 2.31. The molecule has 0 amide bonds. The molecule has 4 rings (SSSR count). The lowest BCUT2D eigenvalue weighted by molar-refractivity contribution is 0.804. The van der Waals surface area contributed by atoms with Gasteiger partial charge in [-0.25, -0.2) is 0 Å². The van der Waals surface area contributed by atoms with E-state index < -0.39 is 0 Å². The number of halogens is 1. The Bertz CT molecular complexity index is 714. The molecule has 19 heavy (non-hydrogen) atoms. The molecule has 0 fully saturated rings. The SMILES string of the molecule is IC1c2ccccc2NC1c1cc2ccccc2[nH]1. The maximum atomic E-state index is 3.62. The third-order valence-corrected chi connectivity index (χ3v) is 5.14. The van der Waals surface area contributed by atoms with Crippen LogP contribution in [-0.4, -0.2) is 4.98 Å². The molecule has 2 atom stereocenters. The van der Waals surface area contributed by atoms with Crippen molar-refractivity contribution in [1.29, 1.82) is 0 Å². The standard InChI is InChI=1S/C16H13IN2/c17-15-11-6-2-4-8-13(11)19-16(15)14-9-10-5-1-3-7-12(10)18-14/h1-9,15-16,18-19H. The van der Waals surface area contributed by atoms with E-state index in [9.17, 15) is 0 Å². The number of hydrogen-bond acceptors (Lipinski definition) is 1. The molecule has 3 heteroatoms. The van der Waals surface area contributed by atoms with Gasteiger partial charge in [0.05, 0.1) is 9.97 Å². The molecular formula is C16H13IN2. The van der Waals surface area contributed by atoms with Crippen LogP contribution >= 0.6 is 22.6 Å². The Morgan fingerprint density at radius 3 is 2.58 bits per heavy atom. The summed E-state index contributed by atoms with van der Waals surface area (Å²) >= 11 is 2.53. The largest absolute Gasteiger partial charge is 0.375 e. The number of aromatic amines is 1. The monoisotopic (exact) mass is 360 g/mol. The van der Waals surface area contributed by atoms with Gasteiger partial charge in [0.25, 0.3) is 0 Å². The van der Waals surface area contributed by atoms with Gasteiger partial charge in [0.2, 0.25) is 0 Å². The van der Waals surface area contributed by atoms with Gasteiger partial charge >= 0.3 is 0 Å². The van der Waals surface area contributed by atoms with Crippen LogP contribution in [0.5, 0.6) is 0 Å². The van der Waals surface area contributed by atoms with Gasteiger partial charge in [-0.1, -0.05) is 59.0 Å². The number of fused-ring (bicyclic) bond motifs is 2. The number of benzene rings is 2. The summed E-state index contributed by atoms with van der Waals surface area (Å²) in [6, 6.07) is 19.6. The number of alkyl halides is 1. The molecule has 0 radical (unpaired) electrons. The molecule has 0 saturated carbocycles. The Hall–Kier alpha value is -1.49. The van der Waals surface area contributed by atoms with Crippen LogP contribution in [0.4, 0.5) is 5.69 Å². The molecule has 0 bridgehead atoms. The van der Waals surface area contributed by atoms with Crippen molar-refractivity contribution in [3.63, 3.8) is 0 Å². The summed E-state index contributed by atoms with van der Waals surface area (Å²) in [5.41, 5.74) is 5.12. The van der Waals surface area contributed by atoms with Crippen molar-refractivity contribution < 1.29 is 0 Å². The Morgan fingerprint density at radius 1 is 0.947 bits per heavy atom.